The van der Waals surface area contributed by atoms with Gasteiger partial charge in [0.2, 0.25) is 16.3 Å². The van der Waals surface area contributed by atoms with Crippen molar-refractivity contribution in [2.45, 2.75) is 12.7 Å². The quantitative estimate of drug-likeness (QED) is 0.276. The van der Waals surface area contributed by atoms with Crippen molar-refractivity contribution < 1.29 is 22.5 Å². The van der Waals surface area contributed by atoms with E-state index in [0.29, 0.717) is 6.07 Å². The second kappa shape index (κ2) is 6.73. The molecule has 1 aromatic heterocycles. The Balaban J connectivity index is 2.38. The number of hydrogen-bond acceptors (Lipinski definition) is 5. The van der Waals surface area contributed by atoms with Crippen LogP contribution in [-0.4, -0.2) is 14.9 Å². The van der Waals surface area contributed by atoms with Crippen molar-refractivity contribution in [3.8, 4) is 0 Å². The molecule has 1 aromatic carbocycles. The van der Waals surface area contributed by atoms with Crippen LogP contribution >= 0.6 is 23.2 Å². The zero-order chi connectivity index (χ0) is 18.1. The lowest BCUT2D eigenvalue weighted by atomic mass is 10.1. The first-order chi connectivity index (χ1) is 11.1. The number of nitro groups is 1. The molecule has 0 aliphatic heterocycles. The number of hydrogen-bond donors (Lipinski definition) is 1. The van der Waals surface area contributed by atoms with E-state index in [-0.39, 0.29) is 5.56 Å². The Labute approximate surface area is 141 Å². The second-order valence-corrected chi connectivity index (χ2v) is 5.09. The number of alkyl halides is 3. The van der Waals surface area contributed by atoms with E-state index in [4.69, 9.17) is 23.2 Å². The zero-order valence-corrected chi connectivity index (χ0v) is 12.9. The molecule has 0 spiro atoms. The van der Waals surface area contributed by atoms with Crippen molar-refractivity contribution in [1.29, 1.82) is 0 Å². The number of nitrogens with one attached hydrogen (secondary N) is 1. The summed E-state index contributed by atoms with van der Waals surface area (Å²) in [6.07, 6.45) is -4.80. The number of anilines is 1. The van der Waals surface area contributed by atoms with Gasteiger partial charge in [0.05, 0.1) is 10.5 Å². The van der Waals surface area contributed by atoms with Crippen LogP contribution < -0.4 is 5.32 Å². The van der Waals surface area contributed by atoms with Crippen molar-refractivity contribution in [2.75, 3.05) is 5.32 Å². The van der Waals surface area contributed by atoms with Gasteiger partial charge in [0, 0.05) is 6.54 Å². The summed E-state index contributed by atoms with van der Waals surface area (Å²) in [6, 6.07) is 2.06. The SMILES string of the molecule is O=[N+]([O-])c1c(Cl)nc(Cl)nc1NCc1ccc(F)cc1C(F)(F)F. The van der Waals surface area contributed by atoms with Crippen molar-refractivity contribution >= 4 is 34.7 Å². The molecule has 12 heteroatoms. The minimum absolute atomic E-state index is 0.325. The molecule has 1 heterocycles. The Hall–Kier alpha value is -2.20. The van der Waals surface area contributed by atoms with Gasteiger partial charge < -0.3 is 5.32 Å². The predicted molar refractivity (Wildman–Crippen MR) is 77.4 cm³/mol. The molecule has 1 N–H and O–H groups in total. The van der Waals surface area contributed by atoms with E-state index in [1.54, 1.807) is 0 Å². The van der Waals surface area contributed by atoms with Crippen molar-refractivity contribution in [1.82, 2.24) is 9.97 Å². The minimum atomic E-state index is -4.80. The number of benzene rings is 1. The molecule has 2 rings (SSSR count). The molecule has 0 bridgehead atoms. The normalized spacial score (nSPS) is 11.4. The van der Waals surface area contributed by atoms with Crippen LogP contribution in [0.2, 0.25) is 10.4 Å². The van der Waals surface area contributed by atoms with Crippen molar-refractivity contribution in [3.05, 3.63) is 55.7 Å². The van der Waals surface area contributed by atoms with Gasteiger partial charge in [-0.1, -0.05) is 17.7 Å². The van der Waals surface area contributed by atoms with Crippen molar-refractivity contribution in [2.24, 2.45) is 0 Å². The second-order valence-electron chi connectivity index (χ2n) is 4.39. The molecule has 128 valence electrons. The monoisotopic (exact) mass is 384 g/mol. The molecule has 0 amide bonds. The molecular formula is C12H6Cl2F4N4O2. The average Bonchev–Trinajstić information content (AvgIpc) is 2.43. The van der Waals surface area contributed by atoms with Crippen LogP contribution in [0, 0.1) is 15.9 Å². The number of aromatic nitrogens is 2. The molecule has 2 aromatic rings. The molecule has 0 aliphatic rings. The highest BCUT2D eigenvalue weighted by atomic mass is 35.5. The summed E-state index contributed by atoms with van der Waals surface area (Å²) in [7, 11) is 0. The fourth-order valence-corrected chi connectivity index (χ4v) is 2.28. The lowest BCUT2D eigenvalue weighted by molar-refractivity contribution is -0.384. The molecule has 0 saturated heterocycles. The average molecular weight is 385 g/mol. The summed E-state index contributed by atoms with van der Waals surface area (Å²) in [5.74, 6) is -1.52. The Morgan fingerprint density at radius 1 is 1.25 bits per heavy atom. The molecule has 0 unspecified atom stereocenters. The number of nitrogens with zero attached hydrogens (tertiary/aromatic N) is 3. The topological polar surface area (TPSA) is 81.0 Å². The van der Waals surface area contributed by atoms with Gasteiger partial charge in [-0.2, -0.15) is 23.1 Å². The predicted octanol–water partition coefficient (Wildman–Crippen LogP) is 4.46. The van der Waals surface area contributed by atoms with E-state index in [9.17, 15) is 27.7 Å². The maximum atomic E-state index is 13.1. The maximum Gasteiger partial charge on any atom is 0.416 e. The van der Waals surface area contributed by atoms with Crippen LogP contribution in [0.5, 0.6) is 0 Å². The standard InChI is InChI=1S/C12H6Cl2F4N4O2/c13-9-8(22(23)24)10(21-11(14)20-9)19-4-5-1-2-6(15)3-7(5)12(16,17)18/h1-3H,4H2,(H,19,20,21). The largest absolute Gasteiger partial charge is 0.416 e. The van der Waals surface area contributed by atoms with E-state index in [0.717, 1.165) is 12.1 Å². The fourth-order valence-electron chi connectivity index (χ4n) is 1.83. The summed E-state index contributed by atoms with van der Waals surface area (Å²) in [5, 5.41) is 12.3. The zero-order valence-electron chi connectivity index (χ0n) is 11.4. The van der Waals surface area contributed by atoms with E-state index in [2.05, 4.69) is 15.3 Å². The molecule has 6 nitrogen and oxygen atoms in total. The summed E-state index contributed by atoms with van der Waals surface area (Å²) < 4.78 is 51.8. The Bertz CT molecular complexity index is 801. The smallest absolute Gasteiger partial charge is 0.360 e. The summed E-state index contributed by atoms with van der Waals surface area (Å²) in [6.45, 7) is -0.528. The van der Waals surface area contributed by atoms with Crippen LogP contribution in [0.4, 0.5) is 29.1 Å². The summed E-state index contributed by atoms with van der Waals surface area (Å²) >= 11 is 11.1. The van der Waals surface area contributed by atoms with Crippen LogP contribution in [0.25, 0.3) is 0 Å². The van der Waals surface area contributed by atoms with Crippen molar-refractivity contribution in [3.63, 3.8) is 0 Å². The van der Waals surface area contributed by atoms with Gasteiger partial charge in [-0.05, 0) is 29.3 Å². The summed E-state index contributed by atoms with van der Waals surface area (Å²) in [5.41, 5.74) is -2.30. The van der Waals surface area contributed by atoms with Gasteiger partial charge in [0.1, 0.15) is 5.82 Å². The third-order valence-corrected chi connectivity index (χ3v) is 3.25. The fraction of sp³-hybridized carbons (Fsp3) is 0.167. The molecule has 0 atom stereocenters. The Morgan fingerprint density at radius 3 is 2.50 bits per heavy atom. The third kappa shape index (κ3) is 4.01. The lowest BCUT2D eigenvalue weighted by Gasteiger charge is -2.14. The molecule has 0 aliphatic carbocycles. The van der Waals surface area contributed by atoms with Gasteiger partial charge in [-0.15, -0.1) is 0 Å². The lowest BCUT2D eigenvalue weighted by Crippen LogP contribution is -2.13. The first-order valence-corrected chi connectivity index (χ1v) is 6.82. The molecule has 24 heavy (non-hydrogen) atoms. The molecule has 0 fully saturated rings. The first kappa shape index (κ1) is 18.1. The van der Waals surface area contributed by atoms with Gasteiger partial charge >= 0.3 is 11.9 Å². The number of rotatable bonds is 4. The van der Waals surface area contributed by atoms with Crippen LogP contribution in [0.15, 0.2) is 18.2 Å². The van der Waals surface area contributed by atoms with E-state index in [1.165, 1.54) is 0 Å². The van der Waals surface area contributed by atoms with Crippen LogP contribution in [0.1, 0.15) is 11.1 Å². The van der Waals surface area contributed by atoms with Gasteiger partial charge in [-0.3, -0.25) is 10.1 Å². The molecular weight excluding hydrogens is 379 g/mol. The maximum absolute atomic E-state index is 13.1. The molecule has 0 saturated carbocycles. The number of halogens is 6. The Kier molecular flexibility index (Phi) is 5.09. The summed E-state index contributed by atoms with van der Waals surface area (Å²) in [4.78, 5) is 17.0. The van der Waals surface area contributed by atoms with Crippen LogP contribution in [0.3, 0.4) is 0 Å². The van der Waals surface area contributed by atoms with E-state index < -0.39 is 51.0 Å². The van der Waals surface area contributed by atoms with Gasteiger partial charge in [0.15, 0.2) is 0 Å². The van der Waals surface area contributed by atoms with Crippen LogP contribution in [-0.2, 0) is 12.7 Å². The first-order valence-electron chi connectivity index (χ1n) is 6.06. The van der Waals surface area contributed by atoms with Gasteiger partial charge in [0.25, 0.3) is 0 Å². The van der Waals surface area contributed by atoms with E-state index in [1.807, 2.05) is 0 Å². The highest BCUT2D eigenvalue weighted by Gasteiger charge is 2.34. The minimum Gasteiger partial charge on any atom is -0.360 e. The Morgan fingerprint density at radius 2 is 1.92 bits per heavy atom. The van der Waals surface area contributed by atoms with Gasteiger partial charge in [-0.25, -0.2) is 4.39 Å². The highest BCUT2D eigenvalue weighted by molar-refractivity contribution is 6.33. The highest BCUT2D eigenvalue weighted by Crippen LogP contribution is 2.34. The third-order valence-electron chi connectivity index (χ3n) is 2.82. The molecule has 0 radical (unpaired) electrons. The van der Waals surface area contributed by atoms with E-state index >= 15 is 0 Å².